The summed E-state index contributed by atoms with van der Waals surface area (Å²) in [5, 5.41) is 0. The monoisotopic (exact) mass is 271 g/mol. The second-order valence-electron chi connectivity index (χ2n) is 5.39. The lowest BCUT2D eigenvalue weighted by atomic mass is 10.00. The van der Waals surface area contributed by atoms with Gasteiger partial charge in [-0.15, -0.1) is 0 Å². The van der Waals surface area contributed by atoms with E-state index in [2.05, 4.69) is 16.8 Å². The van der Waals surface area contributed by atoms with Gasteiger partial charge in [0.25, 0.3) is 5.56 Å². The van der Waals surface area contributed by atoms with Crippen molar-refractivity contribution in [2.45, 2.75) is 19.8 Å². The minimum atomic E-state index is -0.293. The van der Waals surface area contributed by atoms with Gasteiger partial charge in [-0.25, -0.2) is 4.98 Å². The molecule has 0 bridgehead atoms. The Morgan fingerprint density at radius 1 is 1.40 bits per heavy atom. The Morgan fingerprint density at radius 3 is 3.00 bits per heavy atom. The highest BCUT2D eigenvalue weighted by molar-refractivity contribution is 5.83. The van der Waals surface area contributed by atoms with Crippen LogP contribution in [0.15, 0.2) is 29.2 Å². The highest BCUT2D eigenvalue weighted by atomic mass is 16.1. The van der Waals surface area contributed by atoms with Crippen LogP contribution in [0.3, 0.4) is 0 Å². The first kappa shape index (κ1) is 12.8. The van der Waals surface area contributed by atoms with Gasteiger partial charge in [-0.1, -0.05) is 13.0 Å². The summed E-state index contributed by atoms with van der Waals surface area (Å²) in [6, 6.07) is 5.38. The number of fused-ring (bicyclic) bond motifs is 1. The third kappa shape index (κ3) is 2.09. The van der Waals surface area contributed by atoms with Crippen LogP contribution in [-0.2, 0) is 0 Å². The third-order valence-corrected chi connectivity index (χ3v) is 3.82. The average Bonchev–Trinajstić information content (AvgIpc) is 2.47. The highest BCUT2D eigenvalue weighted by Gasteiger charge is 2.22. The van der Waals surface area contributed by atoms with E-state index in [0.717, 1.165) is 19.5 Å². The van der Waals surface area contributed by atoms with Crippen molar-refractivity contribution in [1.82, 2.24) is 9.38 Å². The van der Waals surface area contributed by atoms with Gasteiger partial charge in [0.05, 0.1) is 0 Å². The Balaban J connectivity index is 2.19. The third-order valence-electron chi connectivity index (χ3n) is 3.82. The average molecular weight is 271 g/mol. The summed E-state index contributed by atoms with van der Waals surface area (Å²) in [5.41, 5.74) is 0.443. The molecular formula is C15H17N3O2. The topological polar surface area (TPSA) is 54.7 Å². The van der Waals surface area contributed by atoms with Crippen LogP contribution in [0.25, 0.3) is 5.65 Å². The summed E-state index contributed by atoms with van der Waals surface area (Å²) in [7, 11) is 0. The van der Waals surface area contributed by atoms with Crippen LogP contribution in [0, 0.1) is 5.92 Å². The fourth-order valence-corrected chi connectivity index (χ4v) is 2.82. The molecule has 5 nitrogen and oxygen atoms in total. The minimum absolute atomic E-state index is 0.155. The molecule has 2 aromatic heterocycles. The molecule has 20 heavy (non-hydrogen) atoms. The van der Waals surface area contributed by atoms with E-state index in [9.17, 15) is 9.59 Å². The van der Waals surface area contributed by atoms with Crippen LogP contribution in [0.1, 0.15) is 30.1 Å². The maximum absolute atomic E-state index is 12.4. The van der Waals surface area contributed by atoms with Gasteiger partial charge in [0.15, 0.2) is 6.29 Å². The van der Waals surface area contributed by atoms with Crippen molar-refractivity contribution in [3.8, 4) is 0 Å². The molecule has 0 saturated carbocycles. The number of hydrogen-bond donors (Lipinski definition) is 0. The molecule has 1 aliphatic heterocycles. The number of carbonyl (C=O) groups is 1. The van der Waals surface area contributed by atoms with Crippen LogP contribution in [-0.4, -0.2) is 28.8 Å². The zero-order chi connectivity index (χ0) is 14.1. The quantitative estimate of drug-likeness (QED) is 0.781. The molecule has 3 rings (SSSR count). The lowest BCUT2D eigenvalue weighted by Gasteiger charge is -2.32. The fourth-order valence-electron chi connectivity index (χ4n) is 2.82. The number of aromatic nitrogens is 2. The standard InChI is InChI=1S/C15H17N3O2/c1-11-5-4-7-17(9-11)14-12(10-19)15(20)18-8-3-2-6-13(18)16-14/h2-3,6,8,10-11H,4-5,7,9H2,1H3. The number of carbonyl (C=O) groups excluding carboxylic acids is 1. The van der Waals surface area contributed by atoms with Gasteiger partial charge in [0.1, 0.15) is 17.0 Å². The molecule has 3 heterocycles. The van der Waals surface area contributed by atoms with E-state index in [-0.39, 0.29) is 11.1 Å². The Hall–Kier alpha value is -2.17. The van der Waals surface area contributed by atoms with E-state index in [1.807, 2.05) is 6.07 Å². The first-order chi connectivity index (χ1) is 9.70. The Bertz CT molecular complexity index is 708. The minimum Gasteiger partial charge on any atom is -0.356 e. The molecule has 0 N–H and O–H groups in total. The highest BCUT2D eigenvalue weighted by Crippen LogP contribution is 2.22. The van der Waals surface area contributed by atoms with Crippen LogP contribution in [0.2, 0.25) is 0 Å². The van der Waals surface area contributed by atoms with Crippen LogP contribution >= 0.6 is 0 Å². The Kier molecular flexibility index (Phi) is 3.26. The van der Waals surface area contributed by atoms with Crippen molar-refractivity contribution < 1.29 is 4.79 Å². The first-order valence-corrected chi connectivity index (χ1v) is 6.92. The molecule has 0 amide bonds. The van der Waals surface area contributed by atoms with E-state index in [1.165, 1.54) is 10.8 Å². The normalized spacial score (nSPS) is 19.2. The SMILES string of the molecule is CC1CCCN(c2nc3ccccn3c(=O)c2C=O)C1. The molecule has 1 fully saturated rings. The molecule has 104 valence electrons. The molecule has 2 aromatic rings. The van der Waals surface area contributed by atoms with Crippen molar-refractivity contribution in [2.24, 2.45) is 5.92 Å². The molecule has 0 aromatic carbocycles. The Morgan fingerprint density at radius 2 is 2.25 bits per heavy atom. The molecule has 5 heteroatoms. The Labute approximate surface area is 116 Å². The molecule has 1 saturated heterocycles. The lowest BCUT2D eigenvalue weighted by Crippen LogP contribution is -2.37. The van der Waals surface area contributed by atoms with Crippen molar-refractivity contribution in [3.05, 3.63) is 40.3 Å². The van der Waals surface area contributed by atoms with Crippen LogP contribution in [0.4, 0.5) is 5.82 Å². The number of anilines is 1. The second kappa shape index (κ2) is 5.07. The smallest absolute Gasteiger partial charge is 0.270 e. The fraction of sp³-hybridized carbons (Fsp3) is 0.400. The summed E-state index contributed by atoms with van der Waals surface area (Å²) < 4.78 is 1.42. The second-order valence-corrected chi connectivity index (χ2v) is 5.39. The van der Waals surface area contributed by atoms with Crippen LogP contribution < -0.4 is 10.5 Å². The van der Waals surface area contributed by atoms with Crippen molar-refractivity contribution >= 4 is 17.8 Å². The molecule has 0 spiro atoms. The van der Waals surface area contributed by atoms with Crippen molar-refractivity contribution in [3.63, 3.8) is 0 Å². The van der Waals surface area contributed by atoms with E-state index in [4.69, 9.17) is 0 Å². The number of nitrogens with zero attached hydrogens (tertiary/aromatic N) is 3. The summed E-state index contributed by atoms with van der Waals surface area (Å²) in [4.78, 5) is 30.3. The van der Waals surface area contributed by atoms with Gasteiger partial charge >= 0.3 is 0 Å². The first-order valence-electron chi connectivity index (χ1n) is 6.92. The van der Waals surface area contributed by atoms with E-state index >= 15 is 0 Å². The number of aldehydes is 1. The number of piperidine rings is 1. The van der Waals surface area contributed by atoms with Gasteiger partial charge < -0.3 is 4.90 Å². The molecule has 0 radical (unpaired) electrons. The number of hydrogen-bond acceptors (Lipinski definition) is 4. The number of rotatable bonds is 2. The molecular weight excluding hydrogens is 254 g/mol. The van der Waals surface area contributed by atoms with Crippen LogP contribution in [0.5, 0.6) is 0 Å². The number of pyridine rings is 1. The van der Waals surface area contributed by atoms with Gasteiger partial charge in [0.2, 0.25) is 0 Å². The van der Waals surface area contributed by atoms with Gasteiger partial charge in [0, 0.05) is 19.3 Å². The van der Waals surface area contributed by atoms with E-state index in [0.29, 0.717) is 23.7 Å². The molecule has 1 aliphatic rings. The van der Waals surface area contributed by atoms with Gasteiger partial charge in [-0.2, -0.15) is 0 Å². The lowest BCUT2D eigenvalue weighted by molar-refractivity contribution is 0.112. The summed E-state index contributed by atoms with van der Waals surface area (Å²) in [6.07, 6.45) is 4.51. The van der Waals surface area contributed by atoms with Crippen molar-refractivity contribution in [2.75, 3.05) is 18.0 Å². The predicted octanol–water partition coefficient (Wildman–Crippen LogP) is 1.74. The van der Waals surface area contributed by atoms with Gasteiger partial charge in [-0.05, 0) is 30.9 Å². The zero-order valence-corrected chi connectivity index (χ0v) is 11.5. The summed E-state index contributed by atoms with van der Waals surface area (Å²) in [6.45, 7) is 3.87. The van der Waals surface area contributed by atoms with Crippen molar-refractivity contribution in [1.29, 1.82) is 0 Å². The van der Waals surface area contributed by atoms with E-state index in [1.54, 1.807) is 18.3 Å². The maximum Gasteiger partial charge on any atom is 0.270 e. The molecule has 1 atom stereocenters. The summed E-state index contributed by atoms with van der Waals surface area (Å²) in [5.74, 6) is 1.09. The maximum atomic E-state index is 12.4. The molecule has 0 aliphatic carbocycles. The predicted molar refractivity (Wildman–Crippen MR) is 77.5 cm³/mol. The molecule has 1 unspecified atom stereocenters. The largest absolute Gasteiger partial charge is 0.356 e. The summed E-state index contributed by atoms with van der Waals surface area (Å²) >= 11 is 0. The zero-order valence-electron chi connectivity index (χ0n) is 11.5. The van der Waals surface area contributed by atoms with E-state index < -0.39 is 0 Å². The van der Waals surface area contributed by atoms with Gasteiger partial charge in [-0.3, -0.25) is 14.0 Å².